The quantitative estimate of drug-likeness (QED) is 0.543. The molecule has 0 radical (unpaired) electrons. The monoisotopic (exact) mass is 408 g/mol. The molecule has 0 aliphatic carbocycles. The number of aromatic nitrogens is 1. The number of carbonyl (C=O) groups excluding carboxylic acids is 1. The van der Waals surface area contributed by atoms with Gasteiger partial charge in [0.15, 0.2) is 5.96 Å². The number of aliphatic imine (C=N–C) groups is 1. The van der Waals surface area contributed by atoms with E-state index in [0.717, 1.165) is 43.4 Å². The Morgan fingerprint density at radius 1 is 1.13 bits per heavy atom. The summed E-state index contributed by atoms with van der Waals surface area (Å²) in [5, 5.41) is 6.71. The molecule has 3 rings (SSSR count). The molecule has 0 saturated carbocycles. The van der Waals surface area contributed by atoms with E-state index in [1.807, 2.05) is 36.5 Å². The summed E-state index contributed by atoms with van der Waals surface area (Å²) in [4.78, 5) is 24.9. The highest BCUT2D eigenvalue weighted by Crippen LogP contribution is 2.18. The number of carbonyl (C=O) groups is 1. The van der Waals surface area contributed by atoms with E-state index in [9.17, 15) is 4.79 Å². The van der Waals surface area contributed by atoms with Crippen molar-refractivity contribution in [1.82, 2.24) is 20.5 Å². The first-order valence-corrected chi connectivity index (χ1v) is 10.5. The van der Waals surface area contributed by atoms with Gasteiger partial charge in [-0.15, -0.1) is 0 Å². The average molecular weight is 409 g/mol. The van der Waals surface area contributed by atoms with Gasteiger partial charge in [-0.1, -0.05) is 12.1 Å². The lowest BCUT2D eigenvalue weighted by Gasteiger charge is -2.17. The van der Waals surface area contributed by atoms with Crippen molar-refractivity contribution >= 4 is 17.7 Å². The van der Waals surface area contributed by atoms with Crippen molar-refractivity contribution in [2.45, 2.75) is 25.8 Å². The lowest BCUT2D eigenvalue weighted by molar-refractivity contribution is 0.0827. The fourth-order valence-corrected chi connectivity index (χ4v) is 3.54. The fraction of sp³-hybridized carbons (Fsp3) is 0.435. The second-order valence-electron chi connectivity index (χ2n) is 7.72. The topological polar surface area (TPSA) is 72.9 Å². The van der Waals surface area contributed by atoms with Crippen LogP contribution in [0.1, 0.15) is 34.3 Å². The summed E-state index contributed by atoms with van der Waals surface area (Å²) in [5.74, 6) is 1.84. The molecule has 2 N–H and O–H groups in total. The van der Waals surface area contributed by atoms with E-state index in [1.165, 1.54) is 18.4 Å². The first kappa shape index (κ1) is 21.6. The molecular weight excluding hydrogens is 376 g/mol. The molecule has 2 heterocycles. The molecule has 2 aromatic rings. The van der Waals surface area contributed by atoms with Crippen molar-refractivity contribution in [3.63, 3.8) is 0 Å². The van der Waals surface area contributed by atoms with E-state index in [4.69, 9.17) is 0 Å². The Bertz CT molecular complexity index is 874. The molecule has 160 valence electrons. The smallest absolute Gasteiger partial charge is 0.253 e. The van der Waals surface area contributed by atoms with E-state index in [0.29, 0.717) is 12.1 Å². The Balaban J connectivity index is 1.48. The molecule has 0 spiro atoms. The van der Waals surface area contributed by atoms with Crippen LogP contribution in [0.25, 0.3) is 0 Å². The summed E-state index contributed by atoms with van der Waals surface area (Å²) in [6.45, 7) is 3.60. The summed E-state index contributed by atoms with van der Waals surface area (Å²) in [5.41, 5.74) is 3.02. The zero-order valence-electron chi connectivity index (χ0n) is 18.2. The molecule has 1 amide bonds. The molecular formula is C23H32N6O. The van der Waals surface area contributed by atoms with Gasteiger partial charge in [-0.05, 0) is 54.7 Å². The van der Waals surface area contributed by atoms with Gasteiger partial charge in [-0.2, -0.15) is 0 Å². The van der Waals surface area contributed by atoms with Crippen LogP contribution >= 0.6 is 0 Å². The standard InChI is InChI=1S/C23H32N6O/c1-24-23(26-12-9-18-7-6-8-20(15-18)22(30)28(2)3)27-17-19-10-11-25-21(16-19)29-13-4-5-14-29/h6-8,10-11,15-16H,4-5,9,12-14,17H2,1-3H3,(H2,24,26,27). The van der Waals surface area contributed by atoms with Gasteiger partial charge >= 0.3 is 0 Å². The molecule has 1 aromatic heterocycles. The number of rotatable bonds is 7. The minimum Gasteiger partial charge on any atom is -0.357 e. The molecule has 1 aromatic carbocycles. The third-order valence-electron chi connectivity index (χ3n) is 5.21. The number of hydrogen-bond acceptors (Lipinski definition) is 4. The third-order valence-corrected chi connectivity index (χ3v) is 5.21. The SMILES string of the molecule is CN=C(NCCc1cccc(C(=O)N(C)C)c1)NCc1ccnc(N2CCCC2)c1. The molecule has 7 heteroatoms. The van der Waals surface area contributed by atoms with Crippen molar-refractivity contribution in [2.24, 2.45) is 4.99 Å². The molecule has 1 aliphatic heterocycles. The summed E-state index contributed by atoms with van der Waals surface area (Å²) in [6.07, 6.45) is 5.17. The van der Waals surface area contributed by atoms with E-state index in [2.05, 4.69) is 31.6 Å². The highest BCUT2D eigenvalue weighted by Gasteiger charge is 2.13. The van der Waals surface area contributed by atoms with Crippen LogP contribution in [0.4, 0.5) is 5.82 Å². The van der Waals surface area contributed by atoms with E-state index >= 15 is 0 Å². The predicted molar refractivity (Wildman–Crippen MR) is 122 cm³/mol. The first-order chi connectivity index (χ1) is 14.6. The van der Waals surface area contributed by atoms with E-state index in [-0.39, 0.29) is 5.91 Å². The molecule has 0 unspecified atom stereocenters. The third kappa shape index (κ3) is 5.95. The van der Waals surface area contributed by atoms with Crippen LogP contribution in [-0.4, -0.2) is 62.5 Å². The summed E-state index contributed by atoms with van der Waals surface area (Å²) in [7, 11) is 5.31. The zero-order chi connectivity index (χ0) is 21.3. The van der Waals surface area contributed by atoms with E-state index < -0.39 is 0 Å². The number of amides is 1. The molecule has 1 fully saturated rings. The molecule has 0 atom stereocenters. The molecule has 30 heavy (non-hydrogen) atoms. The maximum atomic E-state index is 12.1. The van der Waals surface area contributed by atoms with Crippen LogP contribution in [0, 0.1) is 0 Å². The van der Waals surface area contributed by atoms with Crippen molar-refractivity contribution < 1.29 is 4.79 Å². The van der Waals surface area contributed by atoms with Crippen LogP contribution < -0.4 is 15.5 Å². The highest BCUT2D eigenvalue weighted by atomic mass is 16.2. The lowest BCUT2D eigenvalue weighted by Crippen LogP contribution is -2.37. The Morgan fingerprint density at radius 3 is 2.67 bits per heavy atom. The van der Waals surface area contributed by atoms with Crippen LogP contribution in [0.5, 0.6) is 0 Å². The van der Waals surface area contributed by atoms with Crippen LogP contribution in [0.3, 0.4) is 0 Å². The van der Waals surface area contributed by atoms with Crippen molar-refractivity contribution in [1.29, 1.82) is 0 Å². The predicted octanol–water partition coefficient (Wildman–Crippen LogP) is 2.29. The van der Waals surface area contributed by atoms with Gasteiger partial charge in [-0.25, -0.2) is 4.98 Å². The Morgan fingerprint density at radius 2 is 1.93 bits per heavy atom. The van der Waals surface area contributed by atoms with Crippen LogP contribution in [0.15, 0.2) is 47.6 Å². The van der Waals surface area contributed by atoms with E-state index in [1.54, 1.807) is 26.0 Å². The van der Waals surface area contributed by atoms with Gasteiger partial charge in [0, 0.05) is 59.1 Å². The lowest BCUT2D eigenvalue weighted by atomic mass is 10.1. The minimum atomic E-state index is 0.0212. The number of hydrogen-bond donors (Lipinski definition) is 2. The zero-order valence-corrected chi connectivity index (χ0v) is 18.2. The largest absolute Gasteiger partial charge is 0.357 e. The van der Waals surface area contributed by atoms with Crippen molar-refractivity contribution in [2.75, 3.05) is 45.7 Å². The summed E-state index contributed by atoms with van der Waals surface area (Å²) < 4.78 is 0. The number of pyridine rings is 1. The van der Waals surface area contributed by atoms with Gasteiger partial charge in [0.1, 0.15) is 5.82 Å². The molecule has 1 aliphatic rings. The Kier molecular flexibility index (Phi) is 7.65. The Labute approximate surface area is 179 Å². The number of guanidine groups is 1. The van der Waals surface area contributed by atoms with Crippen LogP contribution in [-0.2, 0) is 13.0 Å². The first-order valence-electron chi connectivity index (χ1n) is 10.5. The van der Waals surface area contributed by atoms with Crippen LogP contribution in [0.2, 0.25) is 0 Å². The van der Waals surface area contributed by atoms with Gasteiger partial charge in [-0.3, -0.25) is 9.79 Å². The van der Waals surface area contributed by atoms with Gasteiger partial charge < -0.3 is 20.4 Å². The number of anilines is 1. The second-order valence-corrected chi connectivity index (χ2v) is 7.72. The molecule has 0 bridgehead atoms. The maximum absolute atomic E-state index is 12.1. The van der Waals surface area contributed by atoms with Crippen molar-refractivity contribution in [3.05, 3.63) is 59.3 Å². The fourth-order valence-electron chi connectivity index (χ4n) is 3.54. The summed E-state index contributed by atoms with van der Waals surface area (Å²) >= 11 is 0. The van der Waals surface area contributed by atoms with Gasteiger partial charge in [0.25, 0.3) is 5.91 Å². The number of nitrogens with one attached hydrogen (secondary N) is 2. The normalized spacial score (nSPS) is 14.0. The van der Waals surface area contributed by atoms with Crippen molar-refractivity contribution in [3.8, 4) is 0 Å². The average Bonchev–Trinajstić information content (AvgIpc) is 3.31. The maximum Gasteiger partial charge on any atom is 0.253 e. The summed E-state index contributed by atoms with van der Waals surface area (Å²) in [6, 6.07) is 12.0. The number of benzene rings is 1. The second kappa shape index (κ2) is 10.6. The minimum absolute atomic E-state index is 0.0212. The highest BCUT2D eigenvalue weighted by molar-refractivity contribution is 5.94. The number of nitrogens with zero attached hydrogens (tertiary/aromatic N) is 4. The van der Waals surface area contributed by atoms with Gasteiger partial charge in [0.05, 0.1) is 0 Å². The molecule has 7 nitrogen and oxygen atoms in total. The Hall–Kier alpha value is -3.09. The molecule has 1 saturated heterocycles. The van der Waals surface area contributed by atoms with Gasteiger partial charge in [0.2, 0.25) is 0 Å².